The third kappa shape index (κ3) is 2.81. The average molecular weight is 261 g/mol. The highest BCUT2D eigenvalue weighted by Gasteiger charge is 2.17. The van der Waals surface area contributed by atoms with Crippen molar-refractivity contribution in [3.05, 3.63) is 21.9 Å². The third-order valence-electron chi connectivity index (χ3n) is 2.03. The SMILES string of the molecule is CCC(Br)c1ccc(C(C)(C)C)s1. The largest absolute Gasteiger partial charge is 0.144 e. The number of hydrogen-bond acceptors (Lipinski definition) is 1. The van der Waals surface area contributed by atoms with Gasteiger partial charge < -0.3 is 0 Å². The lowest BCUT2D eigenvalue weighted by molar-refractivity contribution is 0.604. The summed E-state index contributed by atoms with van der Waals surface area (Å²) < 4.78 is 0. The zero-order valence-electron chi connectivity index (χ0n) is 8.73. The summed E-state index contributed by atoms with van der Waals surface area (Å²) in [7, 11) is 0. The molecule has 1 atom stereocenters. The molecule has 0 radical (unpaired) electrons. The summed E-state index contributed by atoms with van der Waals surface area (Å²) in [4.78, 5) is 3.46. The second-order valence-corrected chi connectivity index (χ2v) is 6.55. The molecule has 0 aliphatic rings. The predicted molar refractivity (Wildman–Crippen MR) is 65.0 cm³/mol. The minimum Gasteiger partial charge on any atom is -0.144 e. The Morgan fingerprint density at radius 3 is 2.38 bits per heavy atom. The smallest absolute Gasteiger partial charge is 0.0486 e. The van der Waals surface area contributed by atoms with Crippen molar-refractivity contribution < 1.29 is 0 Å². The Kier molecular flexibility index (Phi) is 3.58. The zero-order chi connectivity index (χ0) is 10.1. The summed E-state index contributed by atoms with van der Waals surface area (Å²) in [5.74, 6) is 0. The fourth-order valence-electron chi connectivity index (χ4n) is 1.13. The van der Waals surface area contributed by atoms with E-state index in [0.717, 1.165) is 6.42 Å². The molecule has 0 N–H and O–H groups in total. The Morgan fingerprint density at radius 1 is 1.38 bits per heavy atom. The van der Waals surface area contributed by atoms with Crippen LogP contribution >= 0.6 is 27.3 Å². The Labute approximate surface area is 93.5 Å². The highest BCUT2D eigenvalue weighted by molar-refractivity contribution is 9.09. The predicted octanol–water partition coefficient (Wildman–Crippen LogP) is 4.89. The van der Waals surface area contributed by atoms with Gasteiger partial charge >= 0.3 is 0 Å². The van der Waals surface area contributed by atoms with Crippen LogP contribution in [0.5, 0.6) is 0 Å². The monoisotopic (exact) mass is 260 g/mol. The molecule has 0 bridgehead atoms. The van der Waals surface area contributed by atoms with Crippen LogP contribution in [0, 0.1) is 0 Å². The number of halogens is 1. The van der Waals surface area contributed by atoms with Crippen molar-refractivity contribution in [3.63, 3.8) is 0 Å². The van der Waals surface area contributed by atoms with Crippen molar-refractivity contribution in [2.24, 2.45) is 0 Å². The van der Waals surface area contributed by atoms with Crippen LogP contribution in [0.3, 0.4) is 0 Å². The van der Waals surface area contributed by atoms with Crippen molar-refractivity contribution in [2.75, 3.05) is 0 Å². The van der Waals surface area contributed by atoms with Gasteiger partial charge in [0.2, 0.25) is 0 Å². The fraction of sp³-hybridized carbons (Fsp3) is 0.636. The van der Waals surface area contributed by atoms with E-state index in [4.69, 9.17) is 0 Å². The first-order valence-corrected chi connectivity index (χ1v) is 6.42. The van der Waals surface area contributed by atoms with Gasteiger partial charge in [0.15, 0.2) is 0 Å². The minimum atomic E-state index is 0.295. The summed E-state index contributed by atoms with van der Waals surface area (Å²) in [6, 6.07) is 4.50. The van der Waals surface area contributed by atoms with E-state index >= 15 is 0 Å². The summed E-state index contributed by atoms with van der Waals surface area (Å²) in [6.45, 7) is 8.99. The van der Waals surface area contributed by atoms with Gasteiger partial charge in [0.25, 0.3) is 0 Å². The van der Waals surface area contributed by atoms with Crippen LogP contribution in [-0.2, 0) is 5.41 Å². The standard InChI is InChI=1S/C11H17BrS/c1-5-8(12)9-6-7-10(13-9)11(2,3)4/h6-8H,5H2,1-4H3. The number of thiophene rings is 1. The summed E-state index contributed by atoms with van der Waals surface area (Å²) in [6.07, 6.45) is 1.16. The lowest BCUT2D eigenvalue weighted by atomic mass is 9.95. The summed E-state index contributed by atoms with van der Waals surface area (Å²) >= 11 is 5.60. The molecule has 0 saturated heterocycles. The van der Waals surface area contributed by atoms with Gasteiger partial charge in [-0.3, -0.25) is 0 Å². The Morgan fingerprint density at radius 2 is 2.00 bits per heavy atom. The highest BCUT2D eigenvalue weighted by atomic mass is 79.9. The number of hydrogen-bond donors (Lipinski definition) is 0. The van der Waals surface area contributed by atoms with E-state index in [1.54, 1.807) is 0 Å². The van der Waals surface area contributed by atoms with E-state index in [0.29, 0.717) is 10.2 Å². The molecule has 0 aliphatic carbocycles. The maximum atomic E-state index is 3.68. The molecule has 0 spiro atoms. The molecule has 1 unspecified atom stereocenters. The van der Waals surface area contributed by atoms with Crippen LogP contribution in [0.4, 0.5) is 0 Å². The van der Waals surface area contributed by atoms with Gasteiger partial charge in [-0.15, -0.1) is 11.3 Å². The van der Waals surface area contributed by atoms with E-state index in [-0.39, 0.29) is 0 Å². The van der Waals surface area contributed by atoms with Gasteiger partial charge in [0.1, 0.15) is 0 Å². The summed E-state index contributed by atoms with van der Waals surface area (Å²) in [5, 5.41) is 0. The van der Waals surface area contributed by atoms with Crippen LogP contribution in [0.25, 0.3) is 0 Å². The Hall–Kier alpha value is 0.180. The van der Waals surface area contributed by atoms with E-state index in [2.05, 4.69) is 55.8 Å². The van der Waals surface area contributed by atoms with E-state index in [1.165, 1.54) is 9.75 Å². The molecule has 0 aliphatic heterocycles. The van der Waals surface area contributed by atoms with Crippen LogP contribution < -0.4 is 0 Å². The second-order valence-electron chi connectivity index (χ2n) is 4.33. The molecule has 0 saturated carbocycles. The molecule has 0 aromatic carbocycles. The Balaban J connectivity index is 2.87. The second kappa shape index (κ2) is 4.14. The molecule has 2 heteroatoms. The number of rotatable bonds is 2. The Bertz CT molecular complexity index is 270. The maximum Gasteiger partial charge on any atom is 0.0486 e. The molecule has 1 heterocycles. The molecule has 1 rings (SSSR count). The van der Waals surface area contributed by atoms with Gasteiger partial charge in [-0.2, -0.15) is 0 Å². The normalized spacial score (nSPS) is 14.5. The van der Waals surface area contributed by atoms with E-state index in [9.17, 15) is 0 Å². The van der Waals surface area contributed by atoms with Crippen molar-refractivity contribution in [1.29, 1.82) is 0 Å². The first-order valence-electron chi connectivity index (χ1n) is 4.69. The van der Waals surface area contributed by atoms with Crippen LogP contribution in [0.15, 0.2) is 12.1 Å². The average Bonchev–Trinajstić information content (AvgIpc) is 2.50. The van der Waals surface area contributed by atoms with Crippen molar-refractivity contribution >= 4 is 27.3 Å². The lowest BCUT2D eigenvalue weighted by Crippen LogP contribution is -2.07. The molecule has 0 fully saturated rings. The number of alkyl halides is 1. The molecule has 13 heavy (non-hydrogen) atoms. The van der Waals surface area contributed by atoms with Gasteiger partial charge in [0.05, 0.1) is 0 Å². The molecule has 74 valence electrons. The van der Waals surface area contributed by atoms with E-state index < -0.39 is 0 Å². The first kappa shape index (κ1) is 11.3. The van der Waals surface area contributed by atoms with Crippen molar-refractivity contribution in [3.8, 4) is 0 Å². The topological polar surface area (TPSA) is 0 Å². The first-order chi connectivity index (χ1) is 5.95. The fourth-order valence-corrected chi connectivity index (χ4v) is 2.69. The molecule has 1 aromatic rings. The van der Waals surface area contributed by atoms with Crippen LogP contribution in [0.1, 0.15) is 48.7 Å². The molecular weight excluding hydrogens is 244 g/mol. The van der Waals surface area contributed by atoms with Gasteiger partial charge in [-0.1, -0.05) is 43.6 Å². The quantitative estimate of drug-likeness (QED) is 0.665. The van der Waals surface area contributed by atoms with Crippen LogP contribution in [-0.4, -0.2) is 0 Å². The molecule has 0 amide bonds. The molecular formula is C11H17BrS. The van der Waals surface area contributed by atoms with Gasteiger partial charge in [0, 0.05) is 14.6 Å². The van der Waals surface area contributed by atoms with Crippen LogP contribution in [0.2, 0.25) is 0 Å². The van der Waals surface area contributed by atoms with Crippen molar-refractivity contribution in [1.82, 2.24) is 0 Å². The highest BCUT2D eigenvalue weighted by Crippen LogP contribution is 2.36. The minimum absolute atomic E-state index is 0.295. The van der Waals surface area contributed by atoms with Gasteiger partial charge in [-0.25, -0.2) is 0 Å². The third-order valence-corrected chi connectivity index (χ3v) is 5.10. The molecule has 0 nitrogen and oxygen atoms in total. The molecule has 1 aromatic heterocycles. The van der Waals surface area contributed by atoms with Gasteiger partial charge in [-0.05, 0) is 24.0 Å². The summed E-state index contributed by atoms with van der Waals surface area (Å²) in [5.41, 5.74) is 0.295. The van der Waals surface area contributed by atoms with Crippen molar-refractivity contribution in [2.45, 2.75) is 44.4 Å². The lowest BCUT2D eigenvalue weighted by Gasteiger charge is -2.15. The van der Waals surface area contributed by atoms with E-state index in [1.807, 2.05) is 11.3 Å². The zero-order valence-corrected chi connectivity index (χ0v) is 11.1. The maximum absolute atomic E-state index is 3.68.